The van der Waals surface area contributed by atoms with E-state index in [2.05, 4.69) is 22.2 Å². The van der Waals surface area contributed by atoms with Crippen LogP contribution in [0.25, 0.3) is 0 Å². The van der Waals surface area contributed by atoms with Gasteiger partial charge in [0, 0.05) is 6.54 Å². The van der Waals surface area contributed by atoms with Crippen molar-refractivity contribution in [1.29, 1.82) is 0 Å². The molecule has 0 aliphatic carbocycles. The molecule has 118 valence electrons. The molecule has 0 radical (unpaired) electrons. The quantitative estimate of drug-likeness (QED) is 0.367. The molecule has 7 heteroatoms. The molecule has 0 bridgehead atoms. The standard InChI is InChI=1S/C14H25N5O2/c1-2-3-4-5-6-7-8-9-10-16-14-12(19(20)21)13(15)17-11-18-14/h11H,2-10H2,1H3,(H3,15,16,17,18). The summed E-state index contributed by atoms with van der Waals surface area (Å²) in [6.07, 6.45) is 11.0. The fourth-order valence-electron chi connectivity index (χ4n) is 2.17. The monoisotopic (exact) mass is 295 g/mol. The van der Waals surface area contributed by atoms with Gasteiger partial charge in [-0.1, -0.05) is 51.9 Å². The second kappa shape index (κ2) is 9.90. The van der Waals surface area contributed by atoms with Crippen LogP contribution >= 0.6 is 0 Å². The van der Waals surface area contributed by atoms with Crippen LogP contribution in [0.2, 0.25) is 0 Å². The van der Waals surface area contributed by atoms with E-state index in [0.29, 0.717) is 6.54 Å². The van der Waals surface area contributed by atoms with Crippen LogP contribution in [0.1, 0.15) is 58.3 Å². The van der Waals surface area contributed by atoms with E-state index in [4.69, 9.17) is 5.73 Å². The Kier molecular flexibility index (Phi) is 8.08. The number of nitrogens with zero attached hydrogens (tertiary/aromatic N) is 3. The van der Waals surface area contributed by atoms with Crippen molar-refractivity contribution in [2.45, 2.75) is 58.3 Å². The predicted octanol–water partition coefficient (Wildman–Crippen LogP) is 3.52. The number of hydrogen-bond donors (Lipinski definition) is 2. The van der Waals surface area contributed by atoms with Crippen molar-refractivity contribution in [3.05, 3.63) is 16.4 Å². The molecule has 0 spiro atoms. The van der Waals surface area contributed by atoms with Crippen molar-refractivity contribution in [3.63, 3.8) is 0 Å². The first-order chi connectivity index (χ1) is 10.2. The van der Waals surface area contributed by atoms with Gasteiger partial charge in [-0.05, 0) is 6.42 Å². The van der Waals surface area contributed by atoms with Crippen molar-refractivity contribution in [1.82, 2.24) is 9.97 Å². The first-order valence-corrected chi connectivity index (χ1v) is 7.65. The van der Waals surface area contributed by atoms with Gasteiger partial charge in [0.15, 0.2) is 0 Å². The lowest BCUT2D eigenvalue weighted by molar-refractivity contribution is -0.383. The zero-order valence-electron chi connectivity index (χ0n) is 12.7. The fraction of sp³-hybridized carbons (Fsp3) is 0.714. The number of nitro groups is 1. The first-order valence-electron chi connectivity index (χ1n) is 7.65. The summed E-state index contributed by atoms with van der Waals surface area (Å²) in [7, 11) is 0. The molecule has 0 unspecified atom stereocenters. The van der Waals surface area contributed by atoms with Crippen LogP contribution in [0.15, 0.2) is 6.33 Å². The van der Waals surface area contributed by atoms with Crippen LogP contribution in [0.3, 0.4) is 0 Å². The molecule has 1 aromatic heterocycles. The van der Waals surface area contributed by atoms with Crippen LogP contribution in [0.5, 0.6) is 0 Å². The molecular formula is C14H25N5O2. The number of nitrogens with two attached hydrogens (primary N) is 1. The topological polar surface area (TPSA) is 107 Å². The molecule has 0 aliphatic rings. The van der Waals surface area contributed by atoms with E-state index in [0.717, 1.165) is 12.8 Å². The molecule has 0 saturated heterocycles. The van der Waals surface area contributed by atoms with E-state index in [9.17, 15) is 10.1 Å². The van der Waals surface area contributed by atoms with Gasteiger partial charge in [0.2, 0.25) is 11.6 Å². The summed E-state index contributed by atoms with van der Waals surface area (Å²) in [6.45, 7) is 2.87. The van der Waals surface area contributed by atoms with Crippen LogP contribution < -0.4 is 11.1 Å². The first kappa shape index (κ1) is 17.1. The maximum absolute atomic E-state index is 10.9. The molecule has 3 N–H and O–H groups in total. The molecule has 1 aromatic rings. The van der Waals surface area contributed by atoms with Crippen LogP contribution in [0.4, 0.5) is 17.3 Å². The van der Waals surface area contributed by atoms with E-state index in [1.54, 1.807) is 0 Å². The molecule has 0 saturated carbocycles. The second-order valence-corrected chi connectivity index (χ2v) is 5.11. The van der Waals surface area contributed by atoms with Crippen molar-refractivity contribution in [3.8, 4) is 0 Å². The summed E-state index contributed by atoms with van der Waals surface area (Å²) in [5.74, 6) is 0.101. The highest BCUT2D eigenvalue weighted by Gasteiger charge is 2.20. The predicted molar refractivity (Wildman–Crippen MR) is 84.2 cm³/mol. The molecule has 1 rings (SSSR count). The third-order valence-electron chi connectivity index (χ3n) is 3.36. The largest absolute Gasteiger partial charge is 0.378 e. The van der Waals surface area contributed by atoms with Crippen LogP contribution in [0, 0.1) is 10.1 Å². The van der Waals surface area contributed by atoms with E-state index in [1.165, 1.54) is 44.9 Å². The third kappa shape index (κ3) is 6.37. The SMILES string of the molecule is CCCCCCCCCCNc1ncnc(N)c1[N+](=O)[O-]. The van der Waals surface area contributed by atoms with Gasteiger partial charge in [0.1, 0.15) is 6.33 Å². The van der Waals surface area contributed by atoms with Crippen molar-refractivity contribution in [2.24, 2.45) is 0 Å². The van der Waals surface area contributed by atoms with Gasteiger partial charge in [-0.25, -0.2) is 9.97 Å². The Balaban J connectivity index is 2.21. The average Bonchev–Trinajstić information content (AvgIpc) is 2.45. The van der Waals surface area contributed by atoms with E-state index >= 15 is 0 Å². The summed E-state index contributed by atoms with van der Waals surface area (Å²) in [5.41, 5.74) is 5.26. The van der Waals surface area contributed by atoms with Gasteiger partial charge in [-0.15, -0.1) is 0 Å². The Hall–Kier alpha value is -1.92. The lowest BCUT2D eigenvalue weighted by Crippen LogP contribution is -2.09. The summed E-state index contributed by atoms with van der Waals surface area (Å²) in [4.78, 5) is 17.9. The molecule has 0 fully saturated rings. The number of rotatable bonds is 11. The van der Waals surface area contributed by atoms with Gasteiger partial charge in [-0.3, -0.25) is 10.1 Å². The zero-order chi connectivity index (χ0) is 15.5. The minimum Gasteiger partial charge on any atom is -0.378 e. The van der Waals surface area contributed by atoms with Gasteiger partial charge in [0.05, 0.1) is 4.92 Å². The number of nitrogen functional groups attached to an aromatic ring is 1. The molecule has 21 heavy (non-hydrogen) atoms. The highest BCUT2D eigenvalue weighted by atomic mass is 16.6. The number of hydrogen-bond acceptors (Lipinski definition) is 6. The molecule has 0 aromatic carbocycles. The van der Waals surface area contributed by atoms with Crippen LogP contribution in [-0.2, 0) is 0 Å². The van der Waals surface area contributed by atoms with E-state index < -0.39 is 4.92 Å². The molecule has 0 aliphatic heterocycles. The summed E-state index contributed by atoms with van der Waals surface area (Å²) >= 11 is 0. The Morgan fingerprint density at radius 1 is 1.14 bits per heavy atom. The molecular weight excluding hydrogens is 270 g/mol. The molecule has 7 nitrogen and oxygen atoms in total. The Bertz CT molecular complexity index is 439. The maximum atomic E-state index is 10.9. The fourth-order valence-corrected chi connectivity index (χ4v) is 2.17. The summed E-state index contributed by atoms with van der Waals surface area (Å²) < 4.78 is 0. The van der Waals surface area contributed by atoms with Gasteiger partial charge >= 0.3 is 5.69 Å². The Morgan fingerprint density at radius 2 is 1.76 bits per heavy atom. The zero-order valence-corrected chi connectivity index (χ0v) is 12.7. The lowest BCUT2D eigenvalue weighted by Gasteiger charge is -2.06. The number of unbranched alkanes of at least 4 members (excludes halogenated alkanes) is 7. The van der Waals surface area contributed by atoms with Gasteiger partial charge in [-0.2, -0.15) is 0 Å². The molecule has 1 heterocycles. The third-order valence-corrected chi connectivity index (χ3v) is 3.36. The number of anilines is 2. The maximum Gasteiger partial charge on any atom is 0.352 e. The van der Waals surface area contributed by atoms with Crippen LogP contribution in [-0.4, -0.2) is 21.4 Å². The van der Waals surface area contributed by atoms with Gasteiger partial charge in [0.25, 0.3) is 0 Å². The smallest absolute Gasteiger partial charge is 0.352 e. The van der Waals surface area contributed by atoms with Gasteiger partial charge < -0.3 is 11.1 Å². The Labute approximate surface area is 125 Å². The number of aromatic nitrogens is 2. The highest BCUT2D eigenvalue weighted by Crippen LogP contribution is 2.26. The normalized spacial score (nSPS) is 10.5. The highest BCUT2D eigenvalue weighted by molar-refractivity contribution is 5.67. The summed E-state index contributed by atoms with van der Waals surface area (Å²) in [6, 6.07) is 0. The van der Waals surface area contributed by atoms with E-state index in [1.807, 2.05) is 0 Å². The minimum atomic E-state index is -0.550. The van der Waals surface area contributed by atoms with Crippen molar-refractivity contribution >= 4 is 17.3 Å². The second-order valence-electron chi connectivity index (χ2n) is 5.11. The lowest BCUT2D eigenvalue weighted by atomic mass is 10.1. The average molecular weight is 295 g/mol. The van der Waals surface area contributed by atoms with Crippen molar-refractivity contribution < 1.29 is 4.92 Å². The molecule has 0 atom stereocenters. The number of nitrogens with one attached hydrogen (secondary N) is 1. The summed E-state index contributed by atoms with van der Waals surface area (Å²) in [5, 5.41) is 13.9. The Morgan fingerprint density at radius 3 is 2.38 bits per heavy atom. The molecule has 0 amide bonds. The minimum absolute atomic E-state index is 0.103. The van der Waals surface area contributed by atoms with Crippen molar-refractivity contribution in [2.75, 3.05) is 17.6 Å². The van der Waals surface area contributed by atoms with E-state index in [-0.39, 0.29) is 17.3 Å².